The van der Waals surface area contributed by atoms with Gasteiger partial charge < -0.3 is 15.8 Å². The Balaban J connectivity index is 2.17. The zero-order valence-corrected chi connectivity index (χ0v) is 11.6. The van der Waals surface area contributed by atoms with E-state index in [1.54, 1.807) is 18.9 Å². The first kappa shape index (κ1) is 13.4. The largest absolute Gasteiger partial charge is 0.497 e. The molecule has 0 bridgehead atoms. The Hall–Kier alpha value is -2.02. The molecule has 100 valence electrons. The summed E-state index contributed by atoms with van der Waals surface area (Å²) in [5.41, 5.74) is 6.52. The van der Waals surface area contributed by atoms with Gasteiger partial charge in [-0.2, -0.15) is 26.7 Å². The molecule has 0 aliphatic heterocycles. The lowest BCUT2D eigenvalue weighted by atomic mass is 10.3. The number of nitrogens with one attached hydrogen (secondary N) is 1. The normalized spacial score (nSPS) is 10.2. The van der Waals surface area contributed by atoms with Crippen molar-refractivity contribution in [1.29, 1.82) is 0 Å². The highest BCUT2D eigenvalue weighted by molar-refractivity contribution is 7.97. The molecule has 0 radical (unpaired) electrons. The van der Waals surface area contributed by atoms with Gasteiger partial charge in [0, 0.05) is 5.69 Å². The number of aromatic nitrogens is 3. The maximum absolute atomic E-state index is 5.66. The second-order valence-electron chi connectivity index (χ2n) is 3.72. The molecule has 1 heterocycles. The van der Waals surface area contributed by atoms with Gasteiger partial charge in [-0.25, -0.2) is 0 Å². The maximum Gasteiger partial charge on any atom is 0.232 e. The molecule has 2 aromatic rings. The van der Waals surface area contributed by atoms with Crippen LogP contribution < -0.4 is 15.8 Å². The summed E-state index contributed by atoms with van der Waals surface area (Å²) in [6, 6.07) is 7.48. The van der Waals surface area contributed by atoms with Gasteiger partial charge in [-0.15, -0.1) is 0 Å². The van der Waals surface area contributed by atoms with Crippen LogP contribution in [0.25, 0.3) is 0 Å². The minimum absolute atomic E-state index is 0.218. The number of ether oxygens (including phenoxy) is 1. The van der Waals surface area contributed by atoms with E-state index in [1.807, 2.05) is 30.5 Å². The second kappa shape index (κ2) is 6.24. The summed E-state index contributed by atoms with van der Waals surface area (Å²) in [6.07, 6.45) is 1.98. The third-order valence-corrected chi connectivity index (χ3v) is 2.87. The zero-order chi connectivity index (χ0) is 13.7. The van der Waals surface area contributed by atoms with Crippen molar-refractivity contribution in [1.82, 2.24) is 15.0 Å². The van der Waals surface area contributed by atoms with Crippen LogP contribution in [0.4, 0.5) is 17.6 Å². The fourth-order valence-electron chi connectivity index (χ4n) is 1.49. The number of thioether (sulfide) groups is 1. The van der Waals surface area contributed by atoms with Crippen molar-refractivity contribution >= 4 is 29.3 Å². The quantitative estimate of drug-likeness (QED) is 0.865. The van der Waals surface area contributed by atoms with Gasteiger partial charge >= 0.3 is 0 Å². The first-order valence-corrected chi connectivity index (χ1v) is 7.01. The zero-order valence-electron chi connectivity index (χ0n) is 10.8. The molecular formula is C12H15N5OS. The molecule has 6 nitrogen and oxygen atoms in total. The molecule has 0 amide bonds. The molecular weight excluding hydrogens is 262 g/mol. The van der Waals surface area contributed by atoms with E-state index in [2.05, 4.69) is 20.3 Å². The Morgan fingerprint density at radius 2 is 1.95 bits per heavy atom. The minimum Gasteiger partial charge on any atom is -0.497 e. The topological polar surface area (TPSA) is 86.0 Å². The predicted molar refractivity (Wildman–Crippen MR) is 77.7 cm³/mol. The molecule has 1 aromatic carbocycles. The predicted octanol–water partition coefficient (Wildman–Crippen LogP) is 2.07. The van der Waals surface area contributed by atoms with Gasteiger partial charge in [-0.05, 0) is 30.5 Å². The van der Waals surface area contributed by atoms with Crippen molar-refractivity contribution in [3.63, 3.8) is 0 Å². The monoisotopic (exact) mass is 277 g/mol. The number of hydrogen-bond donors (Lipinski definition) is 2. The summed E-state index contributed by atoms with van der Waals surface area (Å²) in [5.74, 6) is 2.82. The highest BCUT2D eigenvalue weighted by Gasteiger charge is 2.04. The van der Waals surface area contributed by atoms with Crippen LogP contribution in [0, 0.1) is 0 Å². The van der Waals surface area contributed by atoms with Crippen LogP contribution in [-0.4, -0.2) is 28.3 Å². The van der Waals surface area contributed by atoms with Gasteiger partial charge in [-0.3, -0.25) is 0 Å². The molecule has 7 heteroatoms. The molecule has 0 aliphatic carbocycles. The third-order valence-electron chi connectivity index (χ3n) is 2.32. The Kier molecular flexibility index (Phi) is 4.40. The number of rotatable bonds is 5. The summed E-state index contributed by atoms with van der Waals surface area (Å²) in [6.45, 7) is 0. The summed E-state index contributed by atoms with van der Waals surface area (Å²) >= 11 is 1.63. The SMILES string of the molecule is COc1ccc(Nc2nc(N)nc(CSC)n2)cc1. The molecule has 0 spiro atoms. The number of nitrogen functional groups attached to an aromatic ring is 1. The van der Waals surface area contributed by atoms with Crippen LogP contribution >= 0.6 is 11.8 Å². The van der Waals surface area contributed by atoms with Crippen molar-refractivity contribution in [2.24, 2.45) is 0 Å². The van der Waals surface area contributed by atoms with Crippen LogP contribution in [0.5, 0.6) is 5.75 Å². The van der Waals surface area contributed by atoms with Gasteiger partial charge in [0.05, 0.1) is 12.9 Å². The first-order valence-electron chi connectivity index (χ1n) is 5.61. The molecule has 1 aromatic heterocycles. The molecule has 19 heavy (non-hydrogen) atoms. The molecule has 0 unspecified atom stereocenters. The van der Waals surface area contributed by atoms with Crippen LogP contribution in [0.1, 0.15) is 5.82 Å². The Morgan fingerprint density at radius 3 is 2.58 bits per heavy atom. The van der Waals surface area contributed by atoms with E-state index in [9.17, 15) is 0 Å². The minimum atomic E-state index is 0.218. The molecule has 3 N–H and O–H groups in total. The average molecular weight is 277 g/mol. The molecule has 0 saturated carbocycles. The smallest absolute Gasteiger partial charge is 0.232 e. The van der Waals surface area contributed by atoms with Crippen LogP contribution in [0.2, 0.25) is 0 Å². The van der Waals surface area contributed by atoms with Crippen LogP contribution in [0.15, 0.2) is 24.3 Å². The third kappa shape index (κ3) is 3.72. The van der Waals surface area contributed by atoms with Gasteiger partial charge in [0.15, 0.2) is 0 Å². The maximum atomic E-state index is 5.66. The molecule has 0 atom stereocenters. The lowest BCUT2D eigenvalue weighted by Crippen LogP contribution is -2.06. The lowest BCUT2D eigenvalue weighted by molar-refractivity contribution is 0.415. The highest BCUT2D eigenvalue weighted by Crippen LogP contribution is 2.18. The number of nitrogens with zero attached hydrogens (tertiary/aromatic N) is 3. The van der Waals surface area contributed by atoms with E-state index in [1.165, 1.54) is 0 Å². The standard InChI is InChI=1S/C12H15N5OS/c1-18-9-5-3-8(4-6-9)14-12-16-10(7-19-2)15-11(13)17-12/h3-6H,7H2,1-2H3,(H3,13,14,15,16,17). The lowest BCUT2D eigenvalue weighted by Gasteiger charge is -2.07. The summed E-state index contributed by atoms with van der Waals surface area (Å²) in [5, 5.41) is 3.09. The van der Waals surface area contributed by atoms with Gasteiger partial charge in [0.25, 0.3) is 0 Å². The summed E-state index contributed by atoms with van der Waals surface area (Å²) in [7, 11) is 1.63. The van der Waals surface area contributed by atoms with Crippen molar-refractivity contribution in [2.45, 2.75) is 5.75 Å². The van der Waals surface area contributed by atoms with E-state index in [4.69, 9.17) is 10.5 Å². The van der Waals surface area contributed by atoms with Gasteiger partial charge in [-0.1, -0.05) is 0 Å². The second-order valence-corrected chi connectivity index (χ2v) is 4.59. The molecule has 0 aliphatic rings. The Labute approximate surface area is 115 Å². The van der Waals surface area contributed by atoms with Crippen LogP contribution in [0.3, 0.4) is 0 Å². The van der Waals surface area contributed by atoms with E-state index < -0.39 is 0 Å². The van der Waals surface area contributed by atoms with E-state index >= 15 is 0 Å². The summed E-state index contributed by atoms with van der Waals surface area (Å²) in [4.78, 5) is 12.4. The molecule has 0 saturated heterocycles. The Morgan fingerprint density at radius 1 is 1.21 bits per heavy atom. The van der Waals surface area contributed by atoms with Crippen molar-refractivity contribution in [3.8, 4) is 5.75 Å². The molecule has 0 fully saturated rings. The van der Waals surface area contributed by atoms with Crippen molar-refractivity contribution < 1.29 is 4.74 Å². The van der Waals surface area contributed by atoms with E-state index in [0.717, 1.165) is 11.4 Å². The van der Waals surface area contributed by atoms with E-state index in [0.29, 0.717) is 17.5 Å². The van der Waals surface area contributed by atoms with Gasteiger partial charge in [0.2, 0.25) is 11.9 Å². The average Bonchev–Trinajstić information content (AvgIpc) is 2.39. The first-order chi connectivity index (χ1) is 9.21. The van der Waals surface area contributed by atoms with Crippen molar-refractivity contribution in [2.75, 3.05) is 24.4 Å². The summed E-state index contributed by atoms with van der Waals surface area (Å²) < 4.78 is 5.10. The number of hydrogen-bond acceptors (Lipinski definition) is 7. The number of methoxy groups -OCH3 is 1. The van der Waals surface area contributed by atoms with Crippen molar-refractivity contribution in [3.05, 3.63) is 30.1 Å². The number of nitrogens with two attached hydrogens (primary N) is 1. The Bertz CT molecular complexity index is 546. The number of benzene rings is 1. The van der Waals surface area contributed by atoms with E-state index in [-0.39, 0.29) is 5.95 Å². The number of anilines is 3. The molecule has 2 rings (SSSR count). The fraction of sp³-hybridized carbons (Fsp3) is 0.250. The fourth-order valence-corrected chi connectivity index (χ4v) is 1.88. The van der Waals surface area contributed by atoms with Gasteiger partial charge in [0.1, 0.15) is 11.6 Å². The highest BCUT2D eigenvalue weighted by atomic mass is 32.2. The van der Waals surface area contributed by atoms with Crippen LogP contribution in [-0.2, 0) is 5.75 Å².